The third-order valence-electron chi connectivity index (χ3n) is 1.79. The monoisotopic (exact) mass is 202 g/mol. The van der Waals surface area contributed by atoms with Gasteiger partial charge >= 0.3 is 5.97 Å². The number of benzene rings is 1. The Morgan fingerprint density at radius 1 is 1.27 bits per heavy atom. The summed E-state index contributed by atoms with van der Waals surface area (Å²) in [5.41, 5.74) is 0.578. The third-order valence-corrected chi connectivity index (χ3v) is 1.79. The van der Waals surface area contributed by atoms with Gasteiger partial charge in [0.25, 0.3) is 0 Å². The van der Waals surface area contributed by atoms with Crippen LogP contribution in [0.25, 0.3) is 0 Å². The van der Waals surface area contributed by atoms with Crippen LogP contribution in [0.1, 0.15) is 16.8 Å². The normalized spacial score (nSPS) is 10.1. The van der Waals surface area contributed by atoms with Gasteiger partial charge in [-0.05, 0) is 18.6 Å². The molecule has 0 radical (unpaired) electrons. The van der Waals surface area contributed by atoms with Crippen molar-refractivity contribution in [2.45, 2.75) is 6.42 Å². The molecular formula is C13H14O2. The first-order valence-corrected chi connectivity index (χ1v) is 4.82. The second-order valence-corrected chi connectivity index (χ2v) is 2.96. The fourth-order valence-electron chi connectivity index (χ4n) is 1.04. The molecule has 0 aliphatic rings. The molecule has 1 aromatic carbocycles. The number of esters is 1. The maximum atomic E-state index is 11.4. The molecule has 0 fully saturated rings. The van der Waals surface area contributed by atoms with Crippen molar-refractivity contribution in [3.8, 4) is 0 Å². The number of carbonyl (C=O) groups excluding carboxylic acids is 1. The lowest BCUT2D eigenvalue weighted by Gasteiger charge is -2.00. The van der Waals surface area contributed by atoms with Gasteiger partial charge in [-0.2, -0.15) is 0 Å². The third kappa shape index (κ3) is 4.27. The van der Waals surface area contributed by atoms with Crippen molar-refractivity contribution in [2.75, 3.05) is 6.61 Å². The molecule has 0 aliphatic carbocycles. The molecule has 0 heterocycles. The van der Waals surface area contributed by atoms with E-state index < -0.39 is 0 Å². The van der Waals surface area contributed by atoms with Gasteiger partial charge in [-0.15, -0.1) is 6.58 Å². The molecule has 0 unspecified atom stereocenters. The lowest BCUT2D eigenvalue weighted by Crippen LogP contribution is -2.04. The van der Waals surface area contributed by atoms with E-state index in [-0.39, 0.29) is 5.97 Å². The summed E-state index contributed by atoms with van der Waals surface area (Å²) in [6, 6.07) is 8.95. The first-order chi connectivity index (χ1) is 7.34. The Kier molecular flexibility index (Phi) is 4.95. The molecule has 0 amide bonds. The lowest BCUT2D eigenvalue weighted by atomic mass is 10.2. The summed E-state index contributed by atoms with van der Waals surface area (Å²) in [7, 11) is 0. The molecule has 0 aromatic heterocycles. The van der Waals surface area contributed by atoms with Crippen molar-refractivity contribution in [3.05, 3.63) is 60.7 Å². The Morgan fingerprint density at radius 2 is 2.00 bits per heavy atom. The van der Waals surface area contributed by atoms with Crippen LogP contribution in [0.4, 0.5) is 0 Å². The van der Waals surface area contributed by atoms with Crippen LogP contribution in [0.15, 0.2) is 55.1 Å². The zero-order valence-corrected chi connectivity index (χ0v) is 8.56. The van der Waals surface area contributed by atoms with E-state index in [1.165, 1.54) is 0 Å². The van der Waals surface area contributed by atoms with Crippen LogP contribution < -0.4 is 0 Å². The van der Waals surface area contributed by atoms with Gasteiger partial charge in [0.05, 0.1) is 5.56 Å². The van der Waals surface area contributed by atoms with Gasteiger partial charge in [-0.3, -0.25) is 0 Å². The molecule has 0 atom stereocenters. The van der Waals surface area contributed by atoms with Gasteiger partial charge in [0.15, 0.2) is 0 Å². The van der Waals surface area contributed by atoms with Crippen molar-refractivity contribution < 1.29 is 9.53 Å². The molecule has 1 aromatic rings. The quantitative estimate of drug-likeness (QED) is 0.542. The molecule has 2 nitrogen and oxygen atoms in total. The maximum Gasteiger partial charge on any atom is 0.338 e. The first kappa shape index (κ1) is 11.2. The molecule has 0 bridgehead atoms. The van der Waals surface area contributed by atoms with Crippen LogP contribution in [-0.4, -0.2) is 12.6 Å². The summed E-state index contributed by atoms with van der Waals surface area (Å²) in [5, 5.41) is 0. The average Bonchev–Trinajstić information content (AvgIpc) is 2.30. The summed E-state index contributed by atoms with van der Waals surface area (Å²) in [6.45, 7) is 3.89. The molecule has 2 heteroatoms. The molecule has 78 valence electrons. The van der Waals surface area contributed by atoms with Gasteiger partial charge in [0.2, 0.25) is 0 Å². The Morgan fingerprint density at radius 3 is 2.67 bits per heavy atom. The van der Waals surface area contributed by atoms with Crippen molar-refractivity contribution in [3.63, 3.8) is 0 Å². The Hall–Kier alpha value is -1.83. The Bertz CT molecular complexity index is 339. The predicted molar refractivity (Wildman–Crippen MR) is 60.7 cm³/mol. The van der Waals surface area contributed by atoms with Crippen molar-refractivity contribution in [2.24, 2.45) is 0 Å². The summed E-state index contributed by atoms with van der Waals surface area (Å²) < 4.78 is 5.01. The number of hydrogen-bond acceptors (Lipinski definition) is 2. The fraction of sp³-hybridized carbons (Fsp3) is 0.154. The highest BCUT2D eigenvalue weighted by Gasteiger charge is 2.03. The van der Waals surface area contributed by atoms with Crippen LogP contribution in [-0.2, 0) is 4.74 Å². The minimum absolute atomic E-state index is 0.293. The van der Waals surface area contributed by atoms with Gasteiger partial charge in [0.1, 0.15) is 6.61 Å². The van der Waals surface area contributed by atoms with E-state index in [2.05, 4.69) is 6.58 Å². The smallest absolute Gasteiger partial charge is 0.338 e. The maximum absolute atomic E-state index is 11.4. The molecule has 15 heavy (non-hydrogen) atoms. The molecule has 0 aliphatic heterocycles. The van der Waals surface area contributed by atoms with E-state index in [9.17, 15) is 4.79 Å². The highest BCUT2D eigenvalue weighted by Crippen LogP contribution is 2.00. The van der Waals surface area contributed by atoms with Crippen molar-refractivity contribution >= 4 is 5.97 Å². The number of allylic oxidation sites excluding steroid dienone is 2. The van der Waals surface area contributed by atoms with E-state index in [4.69, 9.17) is 4.74 Å². The van der Waals surface area contributed by atoms with Gasteiger partial charge < -0.3 is 4.74 Å². The zero-order valence-electron chi connectivity index (χ0n) is 8.56. The van der Waals surface area contributed by atoms with Gasteiger partial charge in [0, 0.05) is 0 Å². The number of rotatable bonds is 5. The largest absolute Gasteiger partial charge is 0.458 e. The van der Waals surface area contributed by atoms with Crippen molar-refractivity contribution in [1.82, 2.24) is 0 Å². The second-order valence-electron chi connectivity index (χ2n) is 2.96. The predicted octanol–water partition coefficient (Wildman–Crippen LogP) is 2.98. The van der Waals surface area contributed by atoms with E-state index >= 15 is 0 Å². The summed E-state index contributed by atoms with van der Waals surface area (Å²) >= 11 is 0. The minimum Gasteiger partial charge on any atom is -0.458 e. The molecular weight excluding hydrogens is 188 g/mol. The molecule has 0 N–H and O–H groups in total. The Labute approximate surface area is 89.9 Å². The van der Waals surface area contributed by atoms with Crippen LogP contribution in [0.5, 0.6) is 0 Å². The fourth-order valence-corrected chi connectivity index (χ4v) is 1.04. The number of carbonyl (C=O) groups is 1. The SMILES string of the molecule is C=CCC=CCOC(=O)c1ccccc1. The highest BCUT2D eigenvalue weighted by atomic mass is 16.5. The molecule has 0 saturated heterocycles. The van der Waals surface area contributed by atoms with Crippen LogP contribution in [0.2, 0.25) is 0 Å². The van der Waals surface area contributed by atoms with E-state index in [1.54, 1.807) is 18.2 Å². The molecule has 0 saturated carbocycles. The van der Waals surface area contributed by atoms with Crippen LogP contribution in [0, 0.1) is 0 Å². The van der Waals surface area contributed by atoms with E-state index in [0.29, 0.717) is 12.2 Å². The summed E-state index contributed by atoms with van der Waals surface area (Å²) in [4.78, 5) is 11.4. The molecule has 0 spiro atoms. The van der Waals surface area contributed by atoms with Crippen LogP contribution in [0.3, 0.4) is 0 Å². The number of hydrogen-bond donors (Lipinski definition) is 0. The highest BCUT2D eigenvalue weighted by molar-refractivity contribution is 5.89. The second kappa shape index (κ2) is 6.60. The number of ether oxygens (including phenoxy) is 1. The van der Waals surface area contributed by atoms with Gasteiger partial charge in [-0.1, -0.05) is 36.4 Å². The lowest BCUT2D eigenvalue weighted by molar-refractivity contribution is 0.0549. The van der Waals surface area contributed by atoms with E-state index in [1.807, 2.05) is 30.4 Å². The van der Waals surface area contributed by atoms with Crippen LogP contribution >= 0.6 is 0 Å². The topological polar surface area (TPSA) is 26.3 Å². The average molecular weight is 202 g/mol. The van der Waals surface area contributed by atoms with E-state index in [0.717, 1.165) is 6.42 Å². The summed E-state index contributed by atoms with van der Waals surface area (Å²) in [6.07, 6.45) is 6.30. The minimum atomic E-state index is -0.293. The standard InChI is InChI=1S/C13H14O2/c1-2-3-4-8-11-15-13(14)12-9-6-5-7-10-12/h2,4-10H,1,3,11H2. The zero-order chi connectivity index (χ0) is 10.9. The van der Waals surface area contributed by atoms with Gasteiger partial charge in [-0.25, -0.2) is 4.79 Å². The Balaban J connectivity index is 2.34. The summed E-state index contributed by atoms with van der Waals surface area (Å²) in [5.74, 6) is -0.293. The molecule has 1 rings (SSSR count). The van der Waals surface area contributed by atoms with Crippen molar-refractivity contribution in [1.29, 1.82) is 0 Å². The first-order valence-electron chi connectivity index (χ1n) is 4.82.